The summed E-state index contributed by atoms with van der Waals surface area (Å²) < 4.78 is 0. The molecule has 1 fully saturated rings. The number of nitrogen functional groups attached to an aromatic ring is 1. The zero-order valence-electron chi connectivity index (χ0n) is 9.21. The Morgan fingerprint density at radius 2 is 2.38 bits per heavy atom. The van der Waals surface area contributed by atoms with Crippen molar-refractivity contribution in [2.45, 2.75) is 31.8 Å². The van der Waals surface area contributed by atoms with Gasteiger partial charge in [-0.05, 0) is 26.2 Å². The summed E-state index contributed by atoms with van der Waals surface area (Å²) in [6.45, 7) is 2.01. The lowest BCUT2D eigenvalue weighted by Crippen LogP contribution is -2.47. The molecule has 0 saturated heterocycles. The molecule has 5 N–H and O–H groups in total. The van der Waals surface area contributed by atoms with Gasteiger partial charge in [-0.3, -0.25) is 9.89 Å². The first-order valence-electron chi connectivity index (χ1n) is 5.33. The Labute approximate surface area is 93.2 Å². The van der Waals surface area contributed by atoms with Crippen molar-refractivity contribution in [3.05, 3.63) is 11.4 Å². The fourth-order valence-corrected chi connectivity index (χ4v) is 1.70. The van der Waals surface area contributed by atoms with E-state index in [9.17, 15) is 9.90 Å². The fourth-order valence-electron chi connectivity index (χ4n) is 1.70. The second-order valence-electron chi connectivity index (χ2n) is 4.37. The molecule has 2 rings (SSSR count). The van der Waals surface area contributed by atoms with Crippen LogP contribution in [0.1, 0.15) is 35.4 Å². The van der Waals surface area contributed by atoms with Gasteiger partial charge in [-0.2, -0.15) is 5.10 Å². The largest absolute Gasteiger partial charge is 0.395 e. The van der Waals surface area contributed by atoms with Crippen molar-refractivity contribution in [3.8, 4) is 0 Å². The van der Waals surface area contributed by atoms with Gasteiger partial charge in [-0.25, -0.2) is 0 Å². The second-order valence-corrected chi connectivity index (χ2v) is 4.37. The molecule has 0 spiro atoms. The van der Waals surface area contributed by atoms with Crippen LogP contribution in [0.15, 0.2) is 0 Å². The van der Waals surface area contributed by atoms with Crippen molar-refractivity contribution >= 4 is 11.6 Å². The highest BCUT2D eigenvalue weighted by atomic mass is 16.3. The predicted molar refractivity (Wildman–Crippen MR) is 58.9 cm³/mol. The van der Waals surface area contributed by atoms with Gasteiger partial charge in [0.25, 0.3) is 5.91 Å². The summed E-state index contributed by atoms with van der Waals surface area (Å²) >= 11 is 0. The third kappa shape index (κ3) is 1.88. The van der Waals surface area contributed by atoms with E-state index in [0.29, 0.717) is 11.4 Å². The van der Waals surface area contributed by atoms with Crippen LogP contribution >= 0.6 is 0 Å². The molecule has 1 amide bonds. The molecule has 0 unspecified atom stereocenters. The van der Waals surface area contributed by atoms with Crippen molar-refractivity contribution in [1.82, 2.24) is 15.5 Å². The van der Waals surface area contributed by atoms with E-state index in [1.807, 2.05) is 0 Å². The van der Waals surface area contributed by atoms with E-state index in [-0.39, 0.29) is 18.1 Å². The summed E-state index contributed by atoms with van der Waals surface area (Å²) in [7, 11) is 0. The van der Waals surface area contributed by atoms with Gasteiger partial charge in [-0.1, -0.05) is 0 Å². The number of rotatable bonds is 3. The molecule has 0 aromatic carbocycles. The van der Waals surface area contributed by atoms with Crippen molar-refractivity contribution in [1.29, 1.82) is 0 Å². The average Bonchev–Trinajstić information content (AvgIpc) is 2.54. The maximum absolute atomic E-state index is 11.7. The number of hydrogen-bond acceptors (Lipinski definition) is 4. The first-order valence-corrected chi connectivity index (χ1v) is 5.33. The van der Waals surface area contributed by atoms with Gasteiger partial charge in [0, 0.05) is 6.54 Å². The molecule has 1 aromatic heterocycles. The number of carbonyl (C=O) groups excluding carboxylic acids is 1. The van der Waals surface area contributed by atoms with Gasteiger partial charge >= 0.3 is 0 Å². The maximum Gasteiger partial charge on any atom is 0.274 e. The van der Waals surface area contributed by atoms with Gasteiger partial charge in [0.2, 0.25) is 0 Å². The standard InChI is InChI=1S/C10H16N4O2/c1-6-7(11)8(14-13-6)9(15)12-5-10(16)3-2-4-10/h16H,2-5,11H2,1H3,(H,12,15)(H,13,14). The molecule has 1 aromatic rings. The van der Waals surface area contributed by atoms with E-state index < -0.39 is 5.60 Å². The third-order valence-corrected chi connectivity index (χ3v) is 3.07. The zero-order chi connectivity index (χ0) is 11.8. The molecule has 1 heterocycles. The van der Waals surface area contributed by atoms with E-state index >= 15 is 0 Å². The van der Waals surface area contributed by atoms with E-state index in [1.165, 1.54) is 0 Å². The predicted octanol–water partition coefficient (Wildman–Crippen LogP) is -0.0549. The quantitative estimate of drug-likeness (QED) is 0.577. The van der Waals surface area contributed by atoms with E-state index in [2.05, 4.69) is 15.5 Å². The Morgan fingerprint density at radius 1 is 1.69 bits per heavy atom. The fraction of sp³-hybridized carbons (Fsp3) is 0.600. The van der Waals surface area contributed by atoms with Crippen LogP contribution < -0.4 is 11.1 Å². The lowest BCUT2D eigenvalue weighted by Gasteiger charge is -2.36. The summed E-state index contributed by atoms with van der Waals surface area (Å²) in [5.74, 6) is -0.345. The number of carbonyl (C=O) groups is 1. The number of nitrogens with one attached hydrogen (secondary N) is 2. The summed E-state index contributed by atoms with van der Waals surface area (Å²) in [6.07, 6.45) is 2.49. The summed E-state index contributed by atoms with van der Waals surface area (Å²) in [4.78, 5) is 11.7. The van der Waals surface area contributed by atoms with Crippen molar-refractivity contribution in [2.24, 2.45) is 0 Å². The molecular formula is C10H16N4O2. The highest BCUT2D eigenvalue weighted by molar-refractivity contribution is 5.97. The van der Waals surface area contributed by atoms with Gasteiger partial charge < -0.3 is 16.2 Å². The van der Waals surface area contributed by atoms with Crippen LogP contribution in [0.5, 0.6) is 0 Å². The van der Waals surface area contributed by atoms with Crippen LogP contribution in [0.4, 0.5) is 5.69 Å². The Kier molecular flexibility index (Phi) is 2.59. The van der Waals surface area contributed by atoms with Gasteiger partial charge in [0.15, 0.2) is 5.69 Å². The smallest absolute Gasteiger partial charge is 0.274 e. The second kappa shape index (κ2) is 3.79. The normalized spacial score (nSPS) is 17.9. The summed E-state index contributed by atoms with van der Waals surface area (Å²) in [6, 6.07) is 0. The Hall–Kier alpha value is -1.56. The maximum atomic E-state index is 11.7. The molecule has 0 aliphatic heterocycles. The number of nitrogens with two attached hydrogens (primary N) is 1. The first kappa shape index (κ1) is 10.9. The van der Waals surface area contributed by atoms with Crippen LogP contribution in [0.2, 0.25) is 0 Å². The molecule has 0 bridgehead atoms. The average molecular weight is 224 g/mol. The zero-order valence-corrected chi connectivity index (χ0v) is 9.21. The van der Waals surface area contributed by atoms with Gasteiger partial charge in [0.05, 0.1) is 17.0 Å². The number of amides is 1. The van der Waals surface area contributed by atoms with Crippen LogP contribution in [-0.2, 0) is 0 Å². The number of nitrogens with zero attached hydrogens (tertiary/aromatic N) is 1. The molecule has 1 aliphatic carbocycles. The van der Waals surface area contributed by atoms with E-state index in [4.69, 9.17) is 5.73 Å². The number of anilines is 1. The molecule has 1 aliphatic rings. The third-order valence-electron chi connectivity index (χ3n) is 3.07. The highest BCUT2D eigenvalue weighted by Gasteiger charge is 2.34. The molecule has 0 atom stereocenters. The number of aryl methyl sites for hydroxylation is 1. The monoisotopic (exact) mass is 224 g/mol. The topological polar surface area (TPSA) is 104 Å². The SMILES string of the molecule is Cc1[nH]nc(C(=O)NCC2(O)CCC2)c1N. The molecular weight excluding hydrogens is 208 g/mol. The minimum absolute atomic E-state index is 0.195. The van der Waals surface area contributed by atoms with Crippen molar-refractivity contribution in [2.75, 3.05) is 12.3 Å². The number of aromatic nitrogens is 2. The summed E-state index contributed by atoms with van der Waals surface area (Å²) in [5, 5.41) is 18.9. The molecule has 0 radical (unpaired) electrons. The van der Waals surface area contributed by atoms with Gasteiger partial charge in [-0.15, -0.1) is 0 Å². The number of aliphatic hydroxyl groups is 1. The van der Waals surface area contributed by atoms with Crippen molar-refractivity contribution < 1.29 is 9.90 Å². The molecule has 88 valence electrons. The van der Waals surface area contributed by atoms with Crippen LogP contribution in [0, 0.1) is 6.92 Å². The first-order chi connectivity index (χ1) is 7.52. The molecule has 1 saturated carbocycles. The lowest BCUT2D eigenvalue weighted by atomic mass is 9.80. The van der Waals surface area contributed by atoms with Crippen LogP contribution in [0.25, 0.3) is 0 Å². The molecule has 6 heteroatoms. The molecule has 16 heavy (non-hydrogen) atoms. The Balaban J connectivity index is 1.95. The van der Waals surface area contributed by atoms with Gasteiger partial charge in [0.1, 0.15) is 0 Å². The van der Waals surface area contributed by atoms with E-state index in [0.717, 1.165) is 19.3 Å². The number of aromatic amines is 1. The van der Waals surface area contributed by atoms with Crippen LogP contribution in [0.3, 0.4) is 0 Å². The lowest BCUT2D eigenvalue weighted by molar-refractivity contribution is -0.0300. The van der Waals surface area contributed by atoms with E-state index in [1.54, 1.807) is 6.92 Å². The van der Waals surface area contributed by atoms with Crippen LogP contribution in [-0.4, -0.2) is 33.4 Å². The Morgan fingerprint density at radius 3 is 2.81 bits per heavy atom. The Bertz CT molecular complexity index is 409. The summed E-state index contributed by atoms with van der Waals surface area (Å²) in [5.41, 5.74) is 6.17. The number of hydrogen-bond donors (Lipinski definition) is 4. The minimum Gasteiger partial charge on any atom is -0.395 e. The van der Waals surface area contributed by atoms with Crippen molar-refractivity contribution in [3.63, 3.8) is 0 Å². The number of H-pyrrole nitrogens is 1. The highest BCUT2D eigenvalue weighted by Crippen LogP contribution is 2.30. The minimum atomic E-state index is -0.726. The molecule has 6 nitrogen and oxygen atoms in total.